The maximum absolute atomic E-state index is 11.0. The number of hydrogen-bond donors (Lipinski definition) is 2. The molecule has 2 aromatic heterocycles. The predicted molar refractivity (Wildman–Crippen MR) is 83.6 cm³/mol. The topological polar surface area (TPSA) is 123 Å². The van der Waals surface area contributed by atoms with Crippen LogP contribution in [0.15, 0.2) is 30.6 Å². The van der Waals surface area contributed by atoms with E-state index in [4.69, 9.17) is 5.73 Å². The highest BCUT2D eigenvalue weighted by atomic mass is 16.1. The van der Waals surface area contributed by atoms with Gasteiger partial charge < -0.3 is 15.6 Å². The number of nitrogens with zero attached hydrogens (tertiary/aromatic N) is 5. The van der Waals surface area contributed by atoms with Gasteiger partial charge >= 0.3 is 0 Å². The summed E-state index contributed by atoms with van der Waals surface area (Å²) in [6.45, 7) is 0. The molecule has 8 nitrogen and oxygen atoms in total. The van der Waals surface area contributed by atoms with Crippen LogP contribution in [0.2, 0.25) is 0 Å². The summed E-state index contributed by atoms with van der Waals surface area (Å²) in [5, 5.41) is 12.2. The number of fused-ring (bicyclic) bond motifs is 1. The summed E-state index contributed by atoms with van der Waals surface area (Å²) in [5.74, 6) is -0.115. The van der Waals surface area contributed by atoms with Gasteiger partial charge in [-0.25, -0.2) is 4.98 Å². The second-order valence-electron chi connectivity index (χ2n) is 5.00. The fourth-order valence-corrected chi connectivity index (χ4v) is 2.23. The zero-order valence-electron chi connectivity index (χ0n) is 12.3. The molecule has 0 bridgehead atoms. The van der Waals surface area contributed by atoms with Gasteiger partial charge in [-0.15, -0.1) is 0 Å². The first-order valence-electron chi connectivity index (χ1n) is 6.80. The summed E-state index contributed by atoms with van der Waals surface area (Å²) in [6, 6.07) is 9.22. The molecule has 23 heavy (non-hydrogen) atoms. The minimum atomic E-state index is -0.401. The molecule has 0 aliphatic heterocycles. The average Bonchev–Trinajstić information content (AvgIpc) is 2.88. The smallest absolute Gasteiger partial charge is 0.230 e. The lowest BCUT2D eigenvalue weighted by Crippen LogP contribution is -2.13. The van der Waals surface area contributed by atoms with E-state index in [-0.39, 0.29) is 18.1 Å². The summed E-state index contributed by atoms with van der Waals surface area (Å²) in [5.41, 5.74) is 7.91. The molecule has 0 radical (unpaired) electrons. The molecular weight excluding hydrogens is 294 g/mol. The molecule has 1 amide bonds. The number of imidazole rings is 1. The third-order valence-electron chi connectivity index (χ3n) is 3.23. The minimum absolute atomic E-state index is 0.153. The van der Waals surface area contributed by atoms with Crippen LogP contribution in [-0.4, -0.2) is 25.4 Å². The van der Waals surface area contributed by atoms with Crippen LogP contribution in [0.3, 0.4) is 0 Å². The van der Waals surface area contributed by atoms with Gasteiger partial charge in [0.1, 0.15) is 11.6 Å². The van der Waals surface area contributed by atoms with Crippen LogP contribution in [0.5, 0.6) is 0 Å². The van der Waals surface area contributed by atoms with Crippen molar-refractivity contribution in [1.82, 2.24) is 19.5 Å². The summed E-state index contributed by atoms with van der Waals surface area (Å²) < 4.78 is 1.71. The van der Waals surface area contributed by atoms with E-state index in [2.05, 4.69) is 20.3 Å². The van der Waals surface area contributed by atoms with Crippen LogP contribution in [0, 0.1) is 11.3 Å². The number of aryl methyl sites for hydroxylation is 1. The van der Waals surface area contributed by atoms with Crippen molar-refractivity contribution in [2.45, 2.75) is 6.42 Å². The molecule has 0 saturated carbocycles. The standard InChI is InChI=1S/C15H13N7O/c1-22-8-18-13-11(7-16)20-15(21-14(13)22)19-10-4-2-3-9(5-10)6-12(17)23/h2-5,8H,6H2,1H3,(H2,17,23)(H,19,20,21). The molecular formula is C15H13N7O. The molecule has 8 heteroatoms. The fourth-order valence-electron chi connectivity index (χ4n) is 2.23. The first-order chi connectivity index (χ1) is 11.1. The highest BCUT2D eigenvalue weighted by Crippen LogP contribution is 2.19. The van der Waals surface area contributed by atoms with Gasteiger partial charge in [0.05, 0.1) is 12.7 Å². The van der Waals surface area contributed by atoms with E-state index in [1.54, 1.807) is 30.1 Å². The molecule has 0 aliphatic carbocycles. The van der Waals surface area contributed by atoms with E-state index in [1.165, 1.54) is 0 Å². The number of carbonyl (C=O) groups excluding carboxylic acids is 1. The molecule has 3 aromatic rings. The Balaban J connectivity index is 1.97. The Labute approximate surface area is 131 Å². The predicted octanol–water partition coefficient (Wildman–Crippen LogP) is 1.01. The van der Waals surface area contributed by atoms with Crippen molar-refractivity contribution in [3.8, 4) is 6.07 Å². The molecule has 0 saturated heterocycles. The highest BCUT2D eigenvalue weighted by Gasteiger charge is 2.12. The number of aromatic nitrogens is 4. The molecule has 0 spiro atoms. The number of rotatable bonds is 4. The summed E-state index contributed by atoms with van der Waals surface area (Å²) in [7, 11) is 1.79. The third kappa shape index (κ3) is 2.94. The Morgan fingerprint density at radius 3 is 3.00 bits per heavy atom. The van der Waals surface area contributed by atoms with Gasteiger partial charge in [0.2, 0.25) is 11.9 Å². The summed E-state index contributed by atoms with van der Waals surface area (Å²) >= 11 is 0. The number of anilines is 2. The van der Waals surface area contributed by atoms with Crippen LogP contribution in [0.4, 0.5) is 11.6 Å². The van der Waals surface area contributed by atoms with Gasteiger partial charge in [-0.1, -0.05) is 12.1 Å². The Hall–Kier alpha value is -3.47. The Morgan fingerprint density at radius 2 is 2.26 bits per heavy atom. The van der Waals surface area contributed by atoms with Crippen molar-refractivity contribution in [3.05, 3.63) is 41.9 Å². The van der Waals surface area contributed by atoms with Crippen molar-refractivity contribution >= 4 is 28.7 Å². The normalized spacial score (nSPS) is 10.4. The lowest BCUT2D eigenvalue weighted by molar-refractivity contribution is -0.117. The first-order valence-corrected chi connectivity index (χ1v) is 6.80. The van der Waals surface area contributed by atoms with Gasteiger partial charge in [-0.2, -0.15) is 15.2 Å². The monoisotopic (exact) mass is 307 g/mol. The SMILES string of the molecule is Cn1cnc2c(C#N)nc(Nc3cccc(CC(N)=O)c3)nc21. The largest absolute Gasteiger partial charge is 0.369 e. The van der Waals surface area contributed by atoms with E-state index in [1.807, 2.05) is 18.2 Å². The Bertz CT molecular complexity index is 939. The number of hydrogen-bond acceptors (Lipinski definition) is 6. The van der Waals surface area contributed by atoms with Gasteiger partial charge in [0.15, 0.2) is 11.3 Å². The van der Waals surface area contributed by atoms with Crippen molar-refractivity contribution in [2.75, 3.05) is 5.32 Å². The number of nitrogens with two attached hydrogens (primary N) is 1. The number of benzene rings is 1. The highest BCUT2D eigenvalue weighted by molar-refractivity contribution is 5.78. The second kappa shape index (κ2) is 5.73. The van der Waals surface area contributed by atoms with Gasteiger partial charge in [-0.05, 0) is 17.7 Å². The van der Waals surface area contributed by atoms with Crippen LogP contribution in [0.1, 0.15) is 11.3 Å². The number of carbonyl (C=O) groups is 1. The molecule has 2 heterocycles. The zero-order chi connectivity index (χ0) is 16.4. The second-order valence-corrected chi connectivity index (χ2v) is 5.00. The number of primary amides is 1. The number of nitrogens with one attached hydrogen (secondary N) is 1. The number of amides is 1. The van der Waals surface area contributed by atoms with Crippen LogP contribution in [-0.2, 0) is 18.3 Å². The molecule has 0 fully saturated rings. The van der Waals surface area contributed by atoms with Crippen LogP contribution >= 0.6 is 0 Å². The van der Waals surface area contributed by atoms with Crippen molar-refractivity contribution < 1.29 is 4.79 Å². The Kier molecular flexibility index (Phi) is 3.60. The van der Waals surface area contributed by atoms with E-state index in [9.17, 15) is 10.1 Å². The van der Waals surface area contributed by atoms with Crippen molar-refractivity contribution in [1.29, 1.82) is 5.26 Å². The Morgan fingerprint density at radius 1 is 1.43 bits per heavy atom. The zero-order valence-corrected chi connectivity index (χ0v) is 12.3. The lowest BCUT2D eigenvalue weighted by Gasteiger charge is -2.07. The van der Waals surface area contributed by atoms with E-state index in [0.717, 1.165) is 5.56 Å². The molecule has 0 aliphatic rings. The molecule has 3 N–H and O–H groups in total. The van der Waals surface area contributed by atoms with Gasteiger partial charge in [0.25, 0.3) is 0 Å². The minimum Gasteiger partial charge on any atom is -0.369 e. The maximum Gasteiger partial charge on any atom is 0.230 e. The summed E-state index contributed by atoms with van der Waals surface area (Å²) in [4.78, 5) is 23.7. The van der Waals surface area contributed by atoms with E-state index < -0.39 is 5.91 Å². The lowest BCUT2D eigenvalue weighted by atomic mass is 10.1. The summed E-state index contributed by atoms with van der Waals surface area (Å²) in [6.07, 6.45) is 1.73. The average molecular weight is 307 g/mol. The van der Waals surface area contributed by atoms with Crippen LogP contribution < -0.4 is 11.1 Å². The third-order valence-corrected chi connectivity index (χ3v) is 3.23. The van der Waals surface area contributed by atoms with Gasteiger partial charge in [-0.3, -0.25) is 4.79 Å². The number of nitriles is 1. The van der Waals surface area contributed by atoms with E-state index in [0.29, 0.717) is 16.9 Å². The van der Waals surface area contributed by atoms with Crippen molar-refractivity contribution in [2.24, 2.45) is 12.8 Å². The van der Waals surface area contributed by atoms with Crippen molar-refractivity contribution in [3.63, 3.8) is 0 Å². The van der Waals surface area contributed by atoms with Crippen LogP contribution in [0.25, 0.3) is 11.2 Å². The first kappa shape index (κ1) is 14.5. The molecule has 114 valence electrons. The molecule has 0 atom stereocenters. The van der Waals surface area contributed by atoms with Gasteiger partial charge in [0, 0.05) is 12.7 Å². The molecule has 1 aromatic carbocycles. The fraction of sp³-hybridized carbons (Fsp3) is 0.133. The molecule has 0 unspecified atom stereocenters. The quantitative estimate of drug-likeness (QED) is 0.741. The maximum atomic E-state index is 11.0. The van der Waals surface area contributed by atoms with E-state index >= 15 is 0 Å². The molecule has 3 rings (SSSR count).